The molecule has 2 saturated heterocycles. The second-order valence-corrected chi connectivity index (χ2v) is 15.1. The SMILES string of the molecule is CN([C@@H](C(=O)N1C2CCC1CC(N)C2)C(F)(F)c1ccc(Oc2ccccc2)cc1)S(=O)(=O)c1ccc(OCC2CCCCC2)cc1. The zero-order valence-electron chi connectivity index (χ0n) is 26.6. The number of carbonyl (C=O) groups is 1. The highest BCUT2D eigenvalue weighted by Crippen LogP contribution is 2.42. The minimum atomic E-state index is -4.54. The monoisotopic (exact) mass is 667 g/mol. The number of ether oxygens (including phenoxy) is 2. The Morgan fingerprint density at radius 1 is 0.872 bits per heavy atom. The lowest BCUT2D eigenvalue weighted by molar-refractivity contribution is -0.154. The van der Waals surface area contributed by atoms with Gasteiger partial charge in [-0.25, -0.2) is 8.42 Å². The van der Waals surface area contributed by atoms with Gasteiger partial charge in [-0.3, -0.25) is 4.79 Å². The predicted molar refractivity (Wildman–Crippen MR) is 175 cm³/mol. The first-order valence-corrected chi connectivity index (χ1v) is 18.0. The van der Waals surface area contributed by atoms with Crippen molar-refractivity contribution < 1.29 is 31.5 Å². The van der Waals surface area contributed by atoms with Crippen LogP contribution in [0, 0.1) is 5.92 Å². The van der Waals surface area contributed by atoms with Crippen LogP contribution in [0.4, 0.5) is 8.78 Å². The Hall–Kier alpha value is -3.54. The molecule has 3 aliphatic rings. The number of hydrogen-bond donors (Lipinski definition) is 1. The standard InChI is InChI=1S/C36H43F2N3O5S/c1-40(47(43,44)33-20-18-30(19-21-33)45-24-25-8-4-2-5-9-25)34(35(42)41-28-14-15-29(41)23-27(39)22-28)36(37,38)26-12-16-32(17-13-26)46-31-10-6-3-7-11-31/h3,6-7,10-13,16-21,25,27-29,34H,2,4-5,8-9,14-15,22-24,39H2,1H3/t27?,28?,29?,34-/m0/s1. The molecule has 2 N–H and O–H groups in total. The van der Waals surface area contributed by atoms with Gasteiger partial charge in [-0.15, -0.1) is 0 Å². The molecule has 2 bridgehead atoms. The van der Waals surface area contributed by atoms with E-state index in [0.717, 1.165) is 19.9 Å². The van der Waals surface area contributed by atoms with E-state index >= 15 is 8.78 Å². The maximum absolute atomic E-state index is 16.7. The fraction of sp³-hybridized carbons (Fsp3) is 0.472. The van der Waals surface area contributed by atoms with Crippen molar-refractivity contribution in [3.63, 3.8) is 0 Å². The van der Waals surface area contributed by atoms with Crippen molar-refractivity contribution in [3.05, 3.63) is 84.4 Å². The molecule has 3 aromatic carbocycles. The fourth-order valence-corrected chi connectivity index (χ4v) is 8.68. The number of nitrogens with zero attached hydrogens (tertiary/aromatic N) is 2. The summed E-state index contributed by atoms with van der Waals surface area (Å²) < 4.78 is 73.7. The Morgan fingerprint density at radius 2 is 1.45 bits per heavy atom. The topological polar surface area (TPSA) is 102 Å². The number of para-hydroxylation sites is 1. The Labute approximate surface area is 275 Å². The number of carbonyl (C=O) groups excluding carboxylic acids is 1. The number of hydrogen-bond acceptors (Lipinski definition) is 6. The minimum Gasteiger partial charge on any atom is -0.493 e. The number of rotatable bonds is 11. The van der Waals surface area contributed by atoms with Crippen LogP contribution >= 0.6 is 0 Å². The zero-order chi connectivity index (χ0) is 33.2. The number of amides is 1. The number of fused-ring (bicyclic) bond motifs is 2. The molecule has 6 rings (SSSR count). The Bertz CT molecular complexity index is 1600. The maximum atomic E-state index is 16.7. The molecule has 0 radical (unpaired) electrons. The highest BCUT2D eigenvalue weighted by Gasteiger charge is 2.56. The molecular weight excluding hydrogens is 624 g/mol. The molecule has 8 nitrogen and oxygen atoms in total. The van der Waals surface area contributed by atoms with E-state index < -0.39 is 33.5 Å². The van der Waals surface area contributed by atoms with Crippen molar-refractivity contribution in [2.24, 2.45) is 11.7 Å². The summed E-state index contributed by atoms with van der Waals surface area (Å²) in [5, 5.41) is 0. The van der Waals surface area contributed by atoms with Gasteiger partial charge in [0.15, 0.2) is 6.04 Å². The summed E-state index contributed by atoms with van der Waals surface area (Å²) >= 11 is 0. The molecule has 0 aromatic heterocycles. The van der Waals surface area contributed by atoms with Crippen molar-refractivity contribution in [2.75, 3.05) is 13.7 Å². The van der Waals surface area contributed by atoms with E-state index in [9.17, 15) is 13.2 Å². The highest BCUT2D eigenvalue weighted by molar-refractivity contribution is 7.89. The molecule has 1 saturated carbocycles. The normalized spacial score (nSPS) is 22.7. The van der Waals surface area contributed by atoms with Crippen LogP contribution < -0.4 is 15.2 Å². The average molecular weight is 668 g/mol. The summed E-state index contributed by atoms with van der Waals surface area (Å²) in [4.78, 5) is 15.5. The van der Waals surface area contributed by atoms with Gasteiger partial charge in [-0.2, -0.15) is 13.1 Å². The Kier molecular flexibility index (Phi) is 9.87. The summed E-state index contributed by atoms with van der Waals surface area (Å²) in [6, 6.07) is 16.7. The van der Waals surface area contributed by atoms with Gasteiger partial charge in [0.25, 0.3) is 5.92 Å². The van der Waals surface area contributed by atoms with Gasteiger partial charge in [0.1, 0.15) is 17.2 Å². The molecule has 11 heteroatoms. The molecule has 3 atom stereocenters. The fourth-order valence-electron chi connectivity index (χ4n) is 7.37. The predicted octanol–water partition coefficient (Wildman–Crippen LogP) is 6.70. The zero-order valence-corrected chi connectivity index (χ0v) is 27.5. The van der Waals surface area contributed by atoms with Crippen molar-refractivity contribution in [1.29, 1.82) is 0 Å². The van der Waals surface area contributed by atoms with E-state index in [2.05, 4.69) is 0 Å². The van der Waals surface area contributed by atoms with Gasteiger partial charge in [0.05, 0.1) is 11.5 Å². The third-order valence-corrected chi connectivity index (χ3v) is 11.7. The second kappa shape index (κ2) is 13.9. The Balaban J connectivity index is 1.27. The summed E-state index contributed by atoms with van der Waals surface area (Å²) in [6.45, 7) is 0.547. The van der Waals surface area contributed by atoms with E-state index in [0.29, 0.717) is 59.8 Å². The molecular formula is C36H43F2N3O5S. The van der Waals surface area contributed by atoms with Crippen LogP contribution in [-0.4, -0.2) is 61.4 Å². The smallest absolute Gasteiger partial charge is 0.298 e. The van der Waals surface area contributed by atoms with E-state index in [1.807, 2.05) is 6.07 Å². The molecule has 2 heterocycles. The van der Waals surface area contributed by atoms with E-state index in [-0.39, 0.29) is 23.0 Å². The van der Waals surface area contributed by atoms with Crippen LogP contribution in [0.1, 0.15) is 63.4 Å². The molecule has 2 aliphatic heterocycles. The summed E-state index contributed by atoms with van der Waals surface area (Å²) in [5.74, 6) is -2.96. The summed E-state index contributed by atoms with van der Waals surface area (Å²) in [6.07, 6.45) is 8.08. The molecule has 3 fully saturated rings. The first kappa shape index (κ1) is 33.4. The van der Waals surface area contributed by atoms with Crippen molar-refractivity contribution >= 4 is 15.9 Å². The molecule has 1 aliphatic carbocycles. The second-order valence-electron chi connectivity index (χ2n) is 13.1. The van der Waals surface area contributed by atoms with Gasteiger partial charge in [0.2, 0.25) is 15.9 Å². The number of likely N-dealkylation sites (N-methyl/N-ethyl adjacent to an activating group) is 1. The first-order chi connectivity index (χ1) is 22.5. The van der Waals surface area contributed by atoms with Crippen LogP contribution in [0.2, 0.25) is 0 Å². The number of sulfonamides is 1. The Morgan fingerprint density at radius 3 is 2.06 bits per heavy atom. The van der Waals surface area contributed by atoms with E-state index in [1.54, 1.807) is 24.3 Å². The van der Waals surface area contributed by atoms with Gasteiger partial charge < -0.3 is 20.1 Å². The van der Waals surface area contributed by atoms with E-state index in [1.165, 1.54) is 72.7 Å². The van der Waals surface area contributed by atoms with Crippen molar-refractivity contribution in [2.45, 2.75) is 92.8 Å². The lowest BCUT2D eigenvalue weighted by Gasteiger charge is -2.42. The van der Waals surface area contributed by atoms with Gasteiger partial charge in [-0.1, -0.05) is 37.5 Å². The number of benzene rings is 3. The van der Waals surface area contributed by atoms with Crippen LogP contribution in [-0.2, 0) is 20.7 Å². The minimum absolute atomic E-state index is 0.132. The lowest BCUT2D eigenvalue weighted by atomic mass is 9.90. The average Bonchev–Trinajstić information content (AvgIpc) is 3.35. The maximum Gasteiger partial charge on any atom is 0.298 e. The first-order valence-electron chi connectivity index (χ1n) is 16.5. The molecule has 1 amide bonds. The quantitative estimate of drug-likeness (QED) is 0.244. The largest absolute Gasteiger partial charge is 0.493 e. The van der Waals surface area contributed by atoms with Crippen LogP contribution in [0.25, 0.3) is 0 Å². The van der Waals surface area contributed by atoms with Crippen molar-refractivity contribution in [3.8, 4) is 17.2 Å². The van der Waals surface area contributed by atoms with E-state index in [4.69, 9.17) is 15.2 Å². The molecule has 252 valence electrons. The van der Waals surface area contributed by atoms with Gasteiger partial charge in [0, 0.05) is 30.7 Å². The van der Waals surface area contributed by atoms with Gasteiger partial charge in [-0.05, 0) is 105 Å². The highest BCUT2D eigenvalue weighted by atomic mass is 32.2. The summed E-state index contributed by atoms with van der Waals surface area (Å²) in [7, 11) is -3.48. The number of piperidine rings is 1. The third kappa shape index (κ3) is 7.17. The number of alkyl halides is 2. The van der Waals surface area contributed by atoms with Crippen LogP contribution in [0.5, 0.6) is 17.2 Å². The lowest BCUT2D eigenvalue weighted by Crippen LogP contribution is -2.61. The summed E-state index contributed by atoms with van der Waals surface area (Å²) in [5.41, 5.74) is 5.71. The van der Waals surface area contributed by atoms with Gasteiger partial charge >= 0.3 is 0 Å². The van der Waals surface area contributed by atoms with Crippen LogP contribution in [0.3, 0.4) is 0 Å². The molecule has 2 unspecified atom stereocenters. The van der Waals surface area contributed by atoms with Crippen molar-refractivity contribution in [1.82, 2.24) is 9.21 Å². The molecule has 0 spiro atoms. The van der Waals surface area contributed by atoms with Crippen LogP contribution in [0.15, 0.2) is 83.8 Å². The number of halogens is 2. The molecule has 3 aromatic rings. The number of nitrogens with two attached hydrogens (primary N) is 1. The molecule has 47 heavy (non-hydrogen) atoms. The third-order valence-electron chi connectivity index (χ3n) is 9.89.